The summed E-state index contributed by atoms with van der Waals surface area (Å²) in [5.41, 5.74) is 1.86. The van der Waals surface area contributed by atoms with Gasteiger partial charge in [-0.3, -0.25) is 4.79 Å². The van der Waals surface area contributed by atoms with Crippen molar-refractivity contribution in [3.8, 4) is 0 Å². The van der Waals surface area contributed by atoms with E-state index < -0.39 is 0 Å². The lowest BCUT2D eigenvalue weighted by Gasteiger charge is -2.14. The number of benzene rings is 1. The van der Waals surface area contributed by atoms with Gasteiger partial charge in [-0.15, -0.1) is 12.4 Å². The van der Waals surface area contributed by atoms with Crippen molar-refractivity contribution in [2.75, 3.05) is 0 Å². The molecule has 1 aromatic carbocycles. The number of carbonyl (C=O) groups excluding carboxylic acids is 1. The number of rotatable bonds is 0. The van der Waals surface area contributed by atoms with E-state index in [0.717, 1.165) is 24.0 Å². The van der Waals surface area contributed by atoms with Gasteiger partial charge in [0.1, 0.15) is 0 Å². The number of carbonyl (C=O) groups is 1. The van der Waals surface area contributed by atoms with Crippen LogP contribution in [-0.4, -0.2) is 5.78 Å². The molecule has 1 aliphatic carbocycles. The molecule has 70 valence electrons. The van der Waals surface area contributed by atoms with Gasteiger partial charge in [0.25, 0.3) is 0 Å². The first-order valence-corrected chi connectivity index (χ1v) is 4.47. The van der Waals surface area contributed by atoms with Crippen molar-refractivity contribution >= 4 is 29.8 Å². The second kappa shape index (κ2) is 4.12. The summed E-state index contributed by atoms with van der Waals surface area (Å²) < 4.78 is 0. The van der Waals surface area contributed by atoms with E-state index in [4.69, 9.17) is 11.6 Å². The van der Waals surface area contributed by atoms with E-state index in [2.05, 4.69) is 0 Å². The molecule has 0 heterocycles. The Morgan fingerprint density at radius 2 is 2.00 bits per heavy atom. The number of fused-ring (bicyclic) bond motifs is 1. The van der Waals surface area contributed by atoms with Crippen molar-refractivity contribution in [3.05, 3.63) is 34.3 Å². The molecule has 0 aromatic heterocycles. The largest absolute Gasteiger partial charge is 0.294 e. The first-order chi connectivity index (χ1) is 5.79. The highest BCUT2D eigenvalue weighted by atomic mass is 35.5. The Balaban J connectivity index is 0.000000845. The van der Waals surface area contributed by atoms with E-state index in [1.807, 2.05) is 12.1 Å². The molecule has 1 aliphatic rings. The van der Waals surface area contributed by atoms with E-state index in [1.165, 1.54) is 0 Å². The molecule has 2 rings (SSSR count). The van der Waals surface area contributed by atoms with Crippen molar-refractivity contribution < 1.29 is 4.79 Å². The number of aryl methyl sites for hydroxylation is 1. The van der Waals surface area contributed by atoms with Crippen LogP contribution in [0.4, 0.5) is 0 Å². The fourth-order valence-corrected chi connectivity index (χ4v) is 1.95. The fourth-order valence-electron chi connectivity index (χ4n) is 1.65. The minimum Gasteiger partial charge on any atom is -0.294 e. The molecule has 0 spiro atoms. The summed E-state index contributed by atoms with van der Waals surface area (Å²) in [6.07, 6.45) is 2.60. The molecule has 0 radical (unpaired) electrons. The number of Topliss-reactive ketones (excluding diaryl/α,β-unsaturated/α-hetero) is 1. The minimum absolute atomic E-state index is 0. The van der Waals surface area contributed by atoms with E-state index in [0.29, 0.717) is 11.4 Å². The molecule has 0 saturated heterocycles. The van der Waals surface area contributed by atoms with Gasteiger partial charge >= 0.3 is 0 Å². The lowest BCUT2D eigenvalue weighted by Crippen LogP contribution is -2.10. The summed E-state index contributed by atoms with van der Waals surface area (Å²) in [6, 6.07) is 5.67. The summed E-state index contributed by atoms with van der Waals surface area (Å²) in [5.74, 6) is 0.196. The number of hydrogen-bond acceptors (Lipinski definition) is 1. The zero-order valence-electron chi connectivity index (χ0n) is 7.05. The third-order valence-electron chi connectivity index (χ3n) is 2.23. The number of ketones is 1. The van der Waals surface area contributed by atoms with Gasteiger partial charge < -0.3 is 0 Å². The molecule has 0 N–H and O–H groups in total. The summed E-state index contributed by atoms with van der Waals surface area (Å²) >= 11 is 5.92. The summed E-state index contributed by atoms with van der Waals surface area (Å²) in [4.78, 5) is 11.4. The monoisotopic (exact) mass is 216 g/mol. The molecule has 0 amide bonds. The fraction of sp³-hybridized carbons (Fsp3) is 0.300. The molecule has 0 saturated carbocycles. The third kappa shape index (κ3) is 1.87. The summed E-state index contributed by atoms with van der Waals surface area (Å²) in [7, 11) is 0. The van der Waals surface area contributed by atoms with Gasteiger partial charge in [-0.05, 0) is 24.5 Å². The Morgan fingerprint density at radius 1 is 1.23 bits per heavy atom. The van der Waals surface area contributed by atoms with Gasteiger partial charge in [0.15, 0.2) is 5.78 Å². The maximum Gasteiger partial charge on any atom is 0.164 e. The standard InChI is InChI=1S/C10H9ClO.ClH/c11-8-5-1-3-7-4-2-6-9(12)10(7)8;/h1,3,5H,2,4,6H2;1H. The minimum atomic E-state index is 0. The van der Waals surface area contributed by atoms with Crippen LogP contribution < -0.4 is 0 Å². The molecule has 0 fully saturated rings. The van der Waals surface area contributed by atoms with Crippen LogP contribution in [0.3, 0.4) is 0 Å². The highest BCUT2D eigenvalue weighted by molar-refractivity contribution is 6.34. The van der Waals surface area contributed by atoms with Gasteiger partial charge in [-0.25, -0.2) is 0 Å². The quantitative estimate of drug-likeness (QED) is 0.651. The van der Waals surface area contributed by atoms with E-state index in [9.17, 15) is 4.79 Å². The van der Waals surface area contributed by atoms with E-state index in [1.54, 1.807) is 6.07 Å². The van der Waals surface area contributed by atoms with Crippen molar-refractivity contribution in [1.82, 2.24) is 0 Å². The van der Waals surface area contributed by atoms with E-state index in [-0.39, 0.29) is 18.2 Å². The SMILES string of the molecule is Cl.O=C1CCCc2cccc(Cl)c21. The molecule has 1 nitrogen and oxygen atoms in total. The zero-order chi connectivity index (χ0) is 8.55. The van der Waals surface area contributed by atoms with Gasteiger partial charge in [0, 0.05) is 12.0 Å². The molecule has 3 heteroatoms. The van der Waals surface area contributed by atoms with Crippen LogP contribution in [0.5, 0.6) is 0 Å². The smallest absolute Gasteiger partial charge is 0.164 e. The molecule has 1 aromatic rings. The van der Waals surface area contributed by atoms with Crippen LogP contribution in [0.1, 0.15) is 28.8 Å². The van der Waals surface area contributed by atoms with Crippen LogP contribution in [0, 0.1) is 0 Å². The Labute approximate surface area is 88.5 Å². The van der Waals surface area contributed by atoms with Crippen LogP contribution >= 0.6 is 24.0 Å². The second-order valence-electron chi connectivity index (χ2n) is 3.05. The van der Waals surface area contributed by atoms with Crippen LogP contribution in [0.2, 0.25) is 5.02 Å². The summed E-state index contributed by atoms with van der Waals surface area (Å²) in [5, 5.41) is 0.609. The average Bonchev–Trinajstić information content (AvgIpc) is 2.04. The maximum absolute atomic E-state index is 11.4. The predicted octanol–water partition coefficient (Wildman–Crippen LogP) is 3.28. The second-order valence-corrected chi connectivity index (χ2v) is 3.46. The van der Waals surface area contributed by atoms with E-state index >= 15 is 0 Å². The van der Waals surface area contributed by atoms with Gasteiger partial charge in [0.2, 0.25) is 0 Å². The lowest BCUT2D eigenvalue weighted by atomic mass is 9.91. The predicted molar refractivity (Wildman–Crippen MR) is 56.0 cm³/mol. The van der Waals surface area contributed by atoms with Crippen molar-refractivity contribution in [2.45, 2.75) is 19.3 Å². The van der Waals surface area contributed by atoms with Crippen molar-refractivity contribution in [1.29, 1.82) is 0 Å². The molecule has 13 heavy (non-hydrogen) atoms. The average molecular weight is 217 g/mol. The first-order valence-electron chi connectivity index (χ1n) is 4.09. The van der Waals surface area contributed by atoms with Crippen LogP contribution in [0.15, 0.2) is 18.2 Å². The molecular formula is C10H10Cl2O. The van der Waals surface area contributed by atoms with Crippen LogP contribution in [0.25, 0.3) is 0 Å². The lowest BCUT2D eigenvalue weighted by molar-refractivity contribution is 0.0972. The number of hydrogen-bond donors (Lipinski definition) is 0. The Kier molecular flexibility index (Phi) is 3.34. The Hall–Kier alpha value is -0.530. The normalized spacial score (nSPS) is 14.7. The molecular weight excluding hydrogens is 207 g/mol. The van der Waals surface area contributed by atoms with Crippen LogP contribution in [-0.2, 0) is 6.42 Å². The van der Waals surface area contributed by atoms with Crippen molar-refractivity contribution in [3.63, 3.8) is 0 Å². The number of halogens is 2. The Bertz CT molecular complexity index is 334. The maximum atomic E-state index is 11.4. The molecule has 0 atom stereocenters. The van der Waals surface area contributed by atoms with Gasteiger partial charge in [0.05, 0.1) is 5.02 Å². The topological polar surface area (TPSA) is 17.1 Å². The van der Waals surface area contributed by atoms with Gasteiger partial charge in [-0.2, -0.15) is 0 Å². The zero-order valence-corrected chi connectivity index (χ0v) is 8.62. The van der Waals surface area contributed by atoms with Gasteiger partial charge in [-0.1, -0.05) is 23.7 Å². The molecule has 0 aliphatic heterocycles. The molecule has 0 unspecified atom stereocenters. The first kappa shape index (κ1) is 10.6. The third-order valence-corrected chi connectivity index (χ3v) is 2.54. The molecule has 0 bridgehead atoms. The summed E-state index contributed by atoms with van der Waals surface area (Å²) in [6.45, 7) is 0. The Morgan fingerprint density at radius 3 is 2.69 bits per heavy atom. The highest BCUT2D eigenvalue weighted by Crippen LogP contribution is 2.27. The highest BCUT2D eigenvalue weighted by Gasteiger charge is 2.18. The van der Waals surface area contributed by atoms with Crippen molar-refractivity contribution in [2.24, 2.45) is 0 Å².